The number of nitrogens with zero attached hydrogens (tertiary/aromatic N) is 3. The third-order valence-electron chi connectivity index (χ3n) is 3.63. The average molecular weight is 338 g/mol. The van der Waals surface area contributed by atoms with Crippen LogP contribution in [0.4, 0.5) is 4.39 Å². The van der Waals surface area contributed by atoms with E-state index in [2.05, 4.69) is 15.6 Å². The number of fused-ring (bicyclic) bond motifs is 1. The van der Waals surface area contributed by atoms with Gasteiger partial charge in [0.2, 0.25) is 0 Å². The summed E-state index contributed by atoms with van der Waals surface area (Å²) < 4.78 is 14.1. The molecule has 0 bridgehead atoms. The summed E-state index contributed by atoms with van der Waals surface area (Å²) in [6, 6.07) is 12.5. The Morgan fingerprint density at radius 2 is 1.88 bits per heavy atom. The standard InChI is InChI=1S/C18H15FN4O2/c1-2-23-18(25)15-6-4-3-5-14(15)16(22-23)17(24)21-20-11-12-7-9-13(19)10-8-12/h3-11H,2H2,1H3,(H,21,24)/b20-11+. The number of hydrogen-bond donors (Lipinski definition) is 1. The Bertz CT molecular complexity index is 1010. The lowest BCUT2D eigenvalue weighted by atomic mass is 10.1. The van der Waals surface area contributed by atoms with Gasteiger partial charge in [-0.05, 0) is 30.7 Å². The molecule has 1 amide bonds. The molecule has 2 aromatic carbocycles. The van der Waals surface area contributed by atoms with Crippen molar-refractivity contribution in [3.8, 4) is 0 Å². The number of aryl methyl sites for hydroxylation is 1. The summed E-state index contributed by atoms with van der Waals surface area (Å²) in [6.45, 7) is 2.13. The highest BCUT2D eigenvalue weighted by atomic mass is 19.1. The van der Waals surface area contributed by atoms with Crippen LogP contribution in [-0.2, 0) is 6.54 Å². The highest BCUT2D eigenvalue weighted by Gasteiger charge is 2.15. The largest absolute Gasteiger partial charge is 0.292 e. The molecule has 3 aromatic rings. The smallest absolute Gasteiger partial charge is 0.267 e. The van der Waals surface area contributed by atoms with Gasteiger partial charge < -0.3 is 0 Å². The Kier molecular flexibility index (Phi) is 4.65. The van der Waals surface area contributed by atoms with Gasteiger partial charge in [-0.25, -0.2) is 14.5 Å². The van der Waals surface area contributed by atoms with E-state index in [9.17, 15) is 14.0 Å². The third kappa shape index (κ3) is 3.45. The monoisotopic (exact) mass is 338 g/mol. The molecule has 0 radical (unpaired) electrons. The molecular formula is C18H15FN4O2. The average Bonchev–Trinajstić information content (AvgIpc) is 2.64. The number of hydrazone groups is 1. The van der Waals surface area contributed by atoms with Crippen molar-refractivity contribution in [2.24, 2.45) is 5.10 Å². The highest BCUT2D eigenvalue weighted by molar-refractivity contribution is 6.04. The second kappa shape index (κ2) is 7.04. The van der Waals surface area contributed by atoms with Crippen molar-refractivity contribution in [2.75, 3.05) is 0 Å². The van der Waals surface area contributed by atoms with Gasteiger partial charge in [-0.3, -0.25) is 9.59 Å². The van der Waals surface area contributed by atoms with Crippen molar-refractivity contribution in [3.63, 3.8) is 0 Å². The molecule has 0 fully saturated rings. The van der Waals surface area contributed by atoms with Gasteiger partial charge in [-0.1, -0.05) is 30.3 Å². The first-order valence-electron chi connectivity index (χ1n) is 7.69. The third-order valence-corrected chi connectivity index (χ3v) is 3.63. The molecule has 1 N–H and O–H groups in total. The minimum Gasteiger partial charge on any atom is -0.267 e. The lowest BCUT2D eigenvalue weighted by Crippen LogP contribution is -2.28. The van der Waals surface area contributed by atoms with Crippen LogP contribution in [0.25, 0.3) is 10.8 Å². The maximum atomic E-state index is 12.9. The number of rotatable bonds is 4. The molecule has 0 saturated heterocycles. The number of carbonyl (C=O) groups excluding carboxylic acids is 1. The SMILES string of the molecule is CCn1nc(C(=O)N/N=C/c2ccc(F)cc2)c2ccccc2c1=O. The number of amides is 1. The molecule has 1 heterocycles. The fraction of sp³-hybridized carbons (Fsp3) is 0.111. The van der Waals surface area contributed by atoms with E-state index in [-0.39, 0.29) is 17.1 Å². The lowest BCUT2D eigenvalue weighted by Gasteiger charge is -2.08. The number of nitrogens with one attached hydrogen (secondary N) is 1. The first kappa shape index (κ1) is 16.5. The van der Waals surface area contributed by atoms with Crippen LogP contribution in [0.2, 0.25) is 0 Å². The zero-order chi connectivity index (χ0) is 17.8. The second-order valence-electron chi connectivity index (χ2n) is 5.27. The van der Waals surface area contributed by atoms with Gasteiger partial charge in [0.15, 0.2) is 5.69 Å². The van der Waals surface area contributed by atoms with Crippen LogP contribution >= 0.6 is 0 Å². The van der Waals surface area contributed by atoms with E-state index in [1.807, 2.05) is 0 Å². The summed E-state index contributed by atoms with van der Waals surface area (Å²) in [7, 11) is 0. The normalized spacial score (nSPS) is 11.1. The maximum Gasteiger partial charge on any atom is 0.292 e. The van der Waals surface area contributed by atoms with E-state index in [1.165, 1.54) is 35.2 Å². The quantitative estimate of drug-likeness (QED) is 0.586. The first-order valence-corrected chi connectivity index (χ1v) is 7.69. The molecule has 0 atom stereocenters. The molecule has 0 aliphatic heterocycles. The molecule has 25 heavy (non-hydrogen) atoms. The Morgan fingerprint density at radius 1 is 1.20 bits per heavy atom. The minimum atomic E-state index is -0.531. The molecule has 1 aromatic heterocycles. The van der Waals surface area contributed by atoms with Gasteiger partial charge >= 0.3 is 0 Å². The van der Waals surface area contributed by atoms with Crippen LogP contribution in [0, 0.1) is 5.82 Å². The summed E-state index contributed by atoms with van der Waals surface area (Å²) in [5, 5.41) is 8.87. The molecule has 6 nitrogen and oxygen atoms in total. The van der Waals surface area contributed by atoms with Crippen LogP contribution in [0.1, 0.15) is 23.0 Å². The molecule has 0 aliphatic rings. The molecule has 3 rings (SSSR count). The molecule has 0 saturated carbocycles. The summed E-state index contributed by atoms with van der Waals surface area (Å²) in [5.74, 6) is -0.879. The van der Waals surface area contributed by atoms with E-state index in [1.54, 1.807) is 31.2 Å². The minimum absolute atomic E-state index is 0.119. The molecule has 0 aliphatic carbocycles. The fourth-order valence-electron chi connectivity index (χ4n) is 2.38. The van der Waals surface area contributed by atoms with Crippen LogP contribution in [0.3, 0.4) is 0 Å². The van der Waals surface area contributed by atoms with Crippen LogP contribution < -0.4 is 11.0 Å². The number of hydrogen-bond acceptors (Lipinski definition) is 4. The first-order chi connectivity index (χ1) is 12.1. The van der Waals surface area contributed by atoms with Crippen molar-refractivity contribution in [1.29, 1.82) is 0 Å². The van der Waals surface area contributed by atoms with Crippen LogP contribution in [0.5, 0.6) is 0 Å². The van der Waals surface area contributed by atoms with Crippen molar-refractivity contribution >= 4 is 22.9 Å². The zero-order valence-corrected chi connectivity index (χ0v) is 13.4. The molecule has 0 spiro atoms. The summed E-state index contributed by atoms with van der Waals surface area (Å²) >= 11 is 0. The van der Waals surface area contributed by atoms with E-state index in [0.717, 1.165) is 0 Å². The Morgan fingerprint density at radius 3 is 2.56 bits per heavy atom. The van der Waals surface area contributed by atoms with Crippen LogP contribution in [-0.4, -0.2) is 21.9 Å². The molecule has 7 heteroatoms. The fourth-order valence-corrected chi connectivity index (χ4v) is 2.38. The van der Waals surface area contributed by atoms with Crippen molar-refractivity contribution in [2.45, 2.75) is 13.5 Å². The number of carbonyl (C=O) groups is 1. The maximum absolute atomic E-state index is 12.9. The van der Waals surface area contributed by atoms with Gasteiger partial charge in [0.1, 0.15) is 5.82 Å². The summed E-state index contributed by atoms with van der Waals surface area (Å²) in [5.41, 5.74) is 2.89. The number of halogens is 1. The molecule has 126 valence electrons. The van der Waals surface area contributed by atoms with Crippen molar-refractivity contribution in [3.05, 3.63) is 76.0 Å². The Labute approximate surface area is 142 Å². The topological polar surface area (TPSA) is 76.3 Å². The second-order valence-corrected chi connectivity index (χ2v) is 5.27. The predicted octanol–water partition coefficient (Wildman–Crippen LogP) is 2.32. The Hall–Kier alpha value is -3.35. The van der Waals surface area contributed by atoms with Gasteiger partial charge in [-0.2, -0.15) is 10.2 Å². The van der Waals surface area contributed by atoms with E-state index in [0.29, 0.717) is 22.9 Å². The van der Waals surface area contributed by atoms with Gasteiger partial charge in [0.05, 0.1) is 11.6 Å². The van der Waals surface area contributed by atoms with Gasteiger partial charge in [-0.15, -0.1) is 0 Å². The summed E-state index contributed by atoms with van der Waals surface area (Å²) in [6.07, 6.45) is 1.40. The zero-order valence-electron chi connectivity index (χ0n) is 13.4. The molecular weight excluding hydrogens is 323 g/mol. The number of benzene rings is 2. The van der Waals surface area contributed by atoms with E-state index < -0.39 is 5.91 Å². The lowest BCUT2D eigenvalue weighted by molar-refractivity contribution is 0.0949. The predicted molar refractivity (Wildman–Crippen MR) is 93.1 cm³/mol. The van der Waals surface area contributed by atoms with E-state index in [4.69, 9.17) is 0 Å². The van der Waals surface area contributed by atoms with Crippen molar-refractivity contribution in [1.82, 2.24) is 15.2 Å². The van der Waals surface area contributed by atoms with Gasteiger partial charge in [0, 0.05) is 11.9 Å². The molecule has 0 unspecified atom stereocenters. The van der Waals surface area contributed by atoms with Gasteiger partial charge in [0.25, 0.3) is 11.5 Å². The van der Waals surface area contributed by atoms with E-state index >= 15 is 0 Å². The Balaban J connectivity index is 1.90. The van der Waals surface area contributed by atoms with Crippen molar-refractivity contribution < 1.29 is 9.18 Å². The van der Waals surface area contributed by atoms with Crippen LogP contribution in [0.15, 0.2) is 58.4 Å². The highest BCUT2D eigenvalue weighted by Crippen LogP contribution is 2.13. The summed E-state index contributed by atoms with van der Waals surface area (Å²) in [4.78, 5) is 24.7. The number of aromatic nitrogens is 2.